The number of hydrogen-bond donors (Lipinski definition) is 2. The molecule has 0 aromatic heterocycles. The standard InChI is InChI=1S/C20H14Cl3N3O2/c1-10-16(20(27)26-12-7-5-11(21)6-8-12)17(13(9-24)19(25)28-10)18-14(22)3-2-4-15(18)23/h2-8,17H,25H2,1H3,(H,26,27). The lowest BCUT2D eigenvalue weighted by Crippen LogP contribution is -2.28. The van der Waals surface area contributed by atoms with E-state index in [-0.39, 0.29) is 22.8 Å². The number of rotatable bonds is 3. The first-order valence-corrected chi connectivity index (χ1v) is 9.26. The average Bonchev–Trinajstić information content (AvgIpc) is 2.63. The van der Waals surface area contributed by atoms with Crippen molar-refractivity contribution in [3.63, 3.8) is 0 Å². The van der Waals surface area contributed by atoms with E-state index >= 15 is 0 Å². The quantitative estimate of drug-likeness (QED) is 0.680. The molecule has 3 rings (SSSR count). The summed E-state index contributed by atoms with van der Waals surface area (Å²) < 4.78 is 5.46. The fourth-order valence-electron chi connectivity index (χ4n) is 2.98. The predicted octanol–water partition coefficient (Wildman–Crippen LogP) is 5.37. The minimum Gasteiger partial charge on any atom is -0.445 e. The second kappa shape index (κ2) is 8.15. The molecule has 1 aliphatic rings. The molecule has 0 saturated heterocycles. The van der Waals surface area contributed by atoms with E-state index in [0.29, 0.717) is 26.3 Å². The van der Waals surface area contributed by atoms with Crippen LogP contribution >= 0.6 is 34.8 Å². The highest BCUT2D eigenvalue weighted by atomic mass is 35.5. The van der Waals surface area contributed by atoms with E-state index in [0.717, 1.165) is 0 Å². The Labute approximate surface area is 176 Å². The van der Waals surface area contributed by atoms with Gasteiger partial charge in [-0.25, -0.2) is 0 Å². The molecule has 0 spiro atoms. The zero-order chi connectivity index (χ0) is 20.4. The van der Waals surface area contributed by atoms with Gasteiger partial charge in [0.2, 0.25) is 5.88 Å². The van der Waals surface area contributed by atoms with Crippen molar-refractivity contribution in [1.82, 2.24) is 0 Å². The molecule has 0 saturated carbocycles. The number of anilines is 1. The largest absolute Gasteiger partial charge is 0.445 e. The van der Waals surface area contributed by atoms with Crippen molar-refractivity contribution in [3.05, 3.63) is 85.9 Å². The molecular formula is C20H14Cl3N3O2. The number of benzene rings is 2. The van der Waals surface area contributed by atoms with Crippen LogP contribution < -0.4 is 11.1 Å². The Kier molecular flexibility index (Phi) is 5.85. The van der Waals surface area contributed by atoms with Crippen LogP contribution in [-0.2, 0) is 9.53 Å². The maximum absolute atomic E-state index is 13.1. The summed E-state index contributed by atoms with van der Waals surface area (Å²) in [7, 11) is 0. The van der Waals surface area contributed by atoms with Crippen molar-refractivity contribution in [2.45, 2.75) is 12.8 Å². The minimum atomic E-state index is -0.868. The highest BCUT2D eigenvalue weighted by molar-refractivity contribution is 6.36. The third kappa shape index (κ3) is 3.81. The van der Waals surface area contributed by atoms with Crippen LogP contribution in [0.25, 0.3) is 0 Å². The van der Waals surface area contributed by atoms with Gasteiger partial charge in [0.15, 0.2) is 0 Å². The predicted molar refractivity (Wildman–Crippen MR) is 110 cm³/mol. The fraction of sp³-hybridized carbons (Fsp3) is 0.100. The molecule has 0 aliphatic carbocycles. The van der Waals surface area contributed by atoms with E-state index in [1.165, 1.54) is 0 Å². The van der Waals surface area contributed by atoms with Crippen molar-refractivity contribution in [1.29, 1.82) is 5.26 Å². The molecule has 0 fully saturated rings. The molecule has 5 nitrogen and oxygen atoms in total. The summed E-state index contributed by atoms with van der Waals surface area (Å²) >= 11 is 18.6. The normalized spacial score (nSPS) is 16.5. The maximum Gasteiger partial charge on any atom is 0.255 e. The molecule has 1 atom stereocenters. The van der Waals surface area contributed by atoms with Gasteiger partial charge in [-0.2, -0.15) is 5.26 Å². The van der Waals surface area contributed by atoms with E-state index < -0.39 is 11.8 Å². The summed E-state index contributed by atoms with van der Waals surface area (Å²) in [6, 6.07) is 13.6. The Morgan fingerprint density at radius 1 is 1.14 bits per heavy atom. The van der Waals surface area contributed by atoms with Gasteiger partial charge in [-0.15, -0.1) is 0 Å². The average molecular weight is 435 g/mol. The van der Waals surface area contributed by atoms with Crippen LogP contribution in [0.15, 0.2) is 65.3 Å². The fourth-order valence-corrected chi connectivity index (χ4v) is 3.72. The Morgan fingerprint density at radius 2 is 1.75 bits per heavy atom. The summed E-state index contributed by atoms with van der Waals surface area (Å²) in [5.41, 5.74) is 7.09. The van der Waals surface area contributed by atoms with E-state index in [2.05, 4.69) is 5.32 Å². The van der Waals surface area contributed by atoms with Gasteiger partial charge in [0.1, 0.15) is 17.4 Å². The number of carbonyl (C=O) groups is 1. The van der Waals surface area contributed by atoms with E-state index in [1.54, 1.807) is 49.4 Å². The molecule has 1 aliphatic heterocycles. The van der Waals surface area contributed by atoms with E-state index in [4.69, 9.17) is 45.3 Å². The van der Waals surface area contributed by atoms with Crippen molar-refractivity contribution < 1.29 is 9.53 Å². The molecule has 1 unspecified atom stereocenters. The summed E-state index contributed by atoms with van der Waals surface area (Å²) in [5, 5.41) is 13.6. The summed E-state index contributed by atoms with van der Waals surface area (Å²) in [6.45, 7) is 1.59. The van der Waals surface area contributed by atoms with Crippen LogP contribution in [0.4, 0.5) is 5.69 Å². The first-order valence-electron chi connectivity index (χ1n) is 8.12. The number of halogens is 3. The Bertz CT molecular complexity index is 1030. The van der Waals surface area contributed by atoms with Gasteiger partial charge in [-0.05, 0) is 43.3 Å². The number of carbonyl (C=O) groups excluding carboxylic acids is 1. The number of nitrogens with zero attached hydrogens (tertiary/aromatic N) is 1. The minimum absolute atomic E-state index is 0.0573. The van der Waals surface area contributed by atoms with Crippen molar-refractivity contribution >= 4 is 46.4 Å². The summed E-state index contributed by atoms with van der Waals surface area (Å²) in [4.78, 5) is 13.1. The zero-order valence-electron chi connectivity index (χ0n) is 14.6. The molecular weight excluding hydrogens is 421 g/mol. The van der Waals surface area contributed by atoms with Gasteiger partial charge in [-0.3, -0.25) is 4.79 Å². The molecule has 142 valence electrons. The van der Waals surface area contributed by atoms with Gasteiger partial charge in [0.05, 0.1) is 11.5 Å². The smallest absolute Gasteiger partial charge is 0.255 e. The van der Waals surface area contributed by atoms with Crippen molar-refractivity contribution in [3.8, 4) is 6.07 Å². The van der Waals surface area contributed by atoms with Crippen LogP contribution in [-0.4, -0.2) is 5.91 Å². The van der Waals surface area contributed by atoms with E-state index in [9.17, 15) is 10.1 Å². The molecule has 2 aromatic carbocycles. The first-order chi connectivity index (χ1) is 13.3. The molecule has 28 heavy (non-hydrogen) atoms. The highest BCUT2D eigenvalue weighted by Crippen LogP contribution is 2.44. The molecule has 1 amide bonds. The number of nitrogens with two attached hydrogens (primary N) is 1. The van der Waals surface area contributed by atoms with Gasteiger partial charge >= 0.3 is 0 Å². The molecule has 0 bridgehead atoms. The Hall–Kier alpha value is -2.65. The van der Waals surface area contributed by atoms with Crippen LogP contribution in [0.3, 0.4) is 0 Å². The SMILES string of the molecule is CC1=C(C(=O)Nc2ccc(Cl)cc2)C(c2c(Cl)cccc2Cl)C(C#N)=C(N)O1. The van der Waals surface area contributed by atoms with Crippen LogP contribution in [0.2, 0.25) is 15.1 Å². The molecule has 1 heterocycles. The second-order valence-electron chi connectivity index (χ2n) is 5.99. The topological polar surface area (TPSA) is 88.1 Å². The number of amides is 1. The van der Waals surface area contributed by atoms with Crippen LogP contribution in [0, 0.1) is 11.3 Å². The molecule has 8 heteroatoms. The van der Waals surface area contributed by atoms with E-state index in [1.807, 2.05) is 6.07 Å². The molecule has 3 N–H and O–H groups in total. The van der Waals surface area contributed by atoms with Gasteiger partial charge in [0, 0.05) is 26.3 Å². The number of nitrogens with one attached hydrogen (secondary N) is 1. The van der Waals surface area contributed by atoms with Gasteiger partial charge in [0.25, 0.3) is 5.91 Å². The number of hydrogen-bond acceptors (Lipinski definition) is 4. The Balaban J connectivity index is 2.11. The third-order valence-corrected chi connectivity index (χ3v) is 5.15. The lowest BCUT2D eigenvalue weighted by atomic mass is 9.82. The maximum atomic E-state index is 13.1. The third-order valence-electron chi connectivity index (χ3n) is 4.24. The second-order valence-corrected chi connectivity index (χ2v) is 7.24. The zero-order valence-corrected chi connectivity index (χ0v) is 16.9. The molecule has 2 aromatic rings. The lowest BCUT2D eigenvalue weighted by Gasteiger charge is -2.28. The highest BCUT2D eigenvalue weighted by Gasteiger charge is 2.37. The van der Waals surface area contributed by atoms with Gasteiger partial charge < -0.3 is 15.8 Å². The first kappa shape index (κ1) is 20.1. The van der Waals surface area contributed by atoms with Crippen LogP contribution in [0.5, 0.6) is 0 Å². The summed E-state index contributed by atoms with van der Waals surface area (Å²) in [5.74, 6) is -1.18. The van der Waals surface area contributed by atoms with Crippen molar-refractivity contribution in [2.75, 3.05) is 5.32 Å². The Morgan fingerprint density at radius 3 is 2.32 bits per heavy atom. The summed E-state index contributed by atoms with van der Waals surface area (Å²) in [6.07, 6.45) is 0. The van der Waals surface area contributed by atoms with Gasteiger partial charge in [-0.1, -0.05) is 40.9 Å². The van der Waals surface area contributed by atoms with Crippen molar-refractivity contribution in [2.24, 2.45) is 5.73 Å². The number of ether oxygens (including phenoxy) is 1. The molecule has 0 radical (unpaired) electrons. The lowest BCUT2D eigenvalue weighted by molar-refractivity contribution is -0.113. The van der Waals surface area contributed by atoms with Crippen LogP contribution in [0.1, 0.15) is 18.4 Å². The number of nitriles is 1. The monoisotopic (exact) mass is 433 g/mol. The number of allylic oxidation sites excluding steroid dienone is 2.